The molecule has 1 N–H and O–H groups in total. The second-order valence-electron chi connectivity index (χ2n) is 4.33. The van der Waals surface area contributed by atoms with Gasteiger partial charge in [0.2, 0.25) is 0 Å². The van der Waals surface area contributed by atoms with E-state index in [1.807, 2.05) is 0 Å². The van der Waals surface area contributed by atoms with Gasteiger partial charge in [0.05, 0.1) is 5.56 Å². The number of allylic oxidation sites excluding steroid dienone is 1. The van der Waals surface area contributed by atoms with E-state index in [9.17, 15) is 14.9 Å². The fourth-order valence-electron chi connectivity index (χ4n) is 2.09. The standard InChI is InChI=1S/C14H14N2O3S/c1-2-4-13(18)19-8-12(17)16-14-10(7-15)9-5-3-6-11(9)20-14/h2,4H,3,5-6,8H2,1H3,(H,16,17)/b4-2+. The van der Waals surface area contributed by atoms with Crippen LogP contribution in [-0.2, 0) is 27.2 Å². The summed E-state index contributed by atoms with van der Waals surface area (Å²) in [6.07, 6.45) is 5.69. The molecule has 0 aliphatic heterocycles. The summed E-state index contributed by atoms with van der Waals surface area (Å²) >= 11 is 1.44. The molecule has 0 spiro atoms. The highest BCUT2D eigenvalue weighted by molar-refractivity contribution is 7.16. The average Bonchev–Trinajstić information content (AvgIpc) is 2.97. The quantitative estimate of drug-likeness (QED) is 0.681. The molecule has 1 amide bonds. The molecule has 1 heterocycles. The van der Waals surface area contributed by atoms with Crippen LogP contribution in [0.3, 0.4) is 0 Å². The molecule has 1 aromatic rings. The highest BCUT2D eigenvalue weighted by Gasteiger charge is 2.23. The molecule has 1 aliphatic rings. The number of aryl methyl sites for hydroxylation is 1. The van der Waals surface area contributed by atoms with Crippen LogP contribution in [0.2, 0.25) is 0 Å². The van der Waals surface area contributed by atoms with Crippen molar-refractivity contribution in [3.8, 4) is 6.07 Å². The van der Waals surface area contributed by atoms with Crippen molar-refractivity contribution in [1.82, 2.24) is 0 Å². The predicted octanol–water partition coefficient (Wildman–Crippen LogP) is 2.17. The molecule has 1 aromatic heterocycles. The number of esters is 1. The van der Waals surface area contributed by atoms with E-state index in [2.05, 4.69) is 11.4 Å². The van der Waals surface area contributed by atoms with Gasteiger partial charge in [-0.3, -0.25) is 4.79 Å². The lowest BCUT2D eigenvalue weighted by Gasteiger charge is -2.04. The molecule has 0 saturated carbocycles. The maximum Gasteiger partial charge on any atom is 0.330 e. The minimum Gasteiger partial charge on any atom is -0.452 e. The van der Waals surface area contributed by atoms with Crippen LogP contribution in [0.5, 0.6) is 0 Å². The molecular weight excluding hydrogens is 276 g/mol. The summed E-state index contributed by atoms with van der Waals surface area (Å²) in [5.41, 5.74) is 1.61. The van der Waals surface area contributed by atoms with E-state index in [-0.39, 0.29) is 6.61 Å². The van der Waals surface area contributed by atoms with E-state index in [1.165, 1.54) is 28.4 Å². The zero-order chi connectivity index (χ0) is 14.5. The van der Waals surface area contributed by atoms with Crippen molar-refractivity contribution in [3.05, 3.63) is 28.2 Å². The molecule has 0 radical (unpaired) electrons. The molecule has 0 atom stereocenters. The van der Waals surface area contributed by atoms with Gasteiger partial charge in [-0.1, -0.05) is 6.08 Å². The molecular formula is C14H14N2O3S. The van der Waals surface area contributed by atoms with Crippen molar-refractivity contribution < 1.29 is 14.3 Å². The van der Waals surface area contributed by atoms with Crippen LogP contribution < -0.4 is 5.32 Å². The second-order valence-corrected chi connectivity index (χ2v) is 5.43. The number of hydrogen-bond acceptors (Lipinski definition) is 5. The number of nitrogens with zero attached hydrogens (tertiary/aromatic N) is 1. The van der Waals surface area contributed by atoms with Crippen molar-refractivity contribution in [1.29, 1.82) is 5.26 Å². The van der Waals surface area contributed by atoms with Crippen molar-refractivity contribution in [3.63, 3.8) is 0 Å². The van der Waals surface area contributed by atoms with Gasteiger partial charge in [0.25, 0.3) is 5.91 Å². The van der Waals surface area contributed by atoms with Gasteiger partial charge in [-0.05, 0) is 31.7 Å². The summed E-state index contributed by atoms with van der Waals surface area (Å²) in [5, 5.41) is 12.4. The summed E-state index contributed by atoms with van der Waals surface area (Å²) < 4.78 is 4.75. The minimum absolute atomic E-state index is 0.351. The van der Waals surface area contributed by atoms with Crippen molar-refractivity contribution in [2.75, 3.05) is 11.9 Å². The summed E-state index contributed by atoms with van der Waals surface area (Å²) in [4.78, 5) is 24.0. The van der Waals surface area contributed by atoms with Crippen LogP contribution in [-0.4, -0.2) is 18.5 Å². The molecule has 0 unspecified atom stereocenters. The van der Waals surface area contributed by atoms with Gasteiger partial charge in [-0.25, -0.2) is 4.79 Å². The first-order valence-corrected chi connectivity index (χ1v) is 7.11. The molecule has 0 aromatic carbocycles. The van der Waals surface area contributed by atoms with E-state index in [0.717, 1.165) is 24.8 Å². The number of carbonyl (C=O) groups excluding carboxylic acids is 2. The topological polar surface area (TPSA) is 79.2 Å². The van der Waals surface area contributed by atoms with Gasteiger partial charge < -0.3 is 10.1 Å². The third-order valence-electron chi connectivity index (χ3n) is 2.93. The van der Waals surface area contributed by atoms with Gasteiger partial charge in [0, 0.05) is 11.0 Å². The first-order valence-electron chi connectivity index (χ1n) is 6.29. The number of amides is 1. The Morgan fingerprint density at radius 3 is 3.00 bits per heavy atom. The number of carbonyl (C=O) groups is 2. The Morgan fingerprint density at radius 1 is 1.50 bits per heavy atom. The van der Waals surface area contributed by atoms with E-state index >= 15 is 0 Å². The number of thiophene rings is 1. The molecule has 0 saturated heterocycles. The van der Waals surface area contributed by atoms with Gasteiger partial charge in [0.1, 0.15) is 11.1 Å². The normalized spacial score (nSPS) is 13.0. The fraction of sp³-hybridized carbons (Fsp3) is 0.357. The number of nitriles is 1. The SMILES string of the molecule is C/C=C/C(=O)OCC(=O)Nc1sc2c(c1C#N)CCC2. The third-order valence-corrected chi connectivity index (χ3v) is 4.14. The molecule has 2 rings (SSSR count). The minimum atomic E-state index is -0.558. The Morgan fingerprint density at radius 2 is 2.30 bits per heavy atom. The number of fused-ring (bicyclic) bond motifs is 1. The van der Waals surface area contributed by atoms with E-state index in [4.69, 9.17) is 4.74 Å². The molecule has 0 fully saturated rings. The monoisotopic (exact) mass is 290 g/mol. The van der Waals surface area contributed by atoms with Crippen molar-refractivity contribution >= 4 is 28.2 Å². The molecule has 1 aliphatic carbocycles. The Hall–Kier alpha value is -2.13. The van der Waals surface area contributed by atoms with Crippen molar-refractivity contribution in [2.24, 2.45) is 0 Å². The Kier molecular flexibility index (Phi) is 4.53. The van der Waals surface area contributed by atoms with Crippen LogP contribution in [0.15, 0.2) is 12.2 Å². The van der Waals surface area contributed by atoms with Crippen LogP contribution in [0.4, 0.5) is 5.00 Å². The zero-order valence-corrected chi connectivity index (χ0v) is 11.9. The van der Waals surface area contributed by atoms with Gasteiger partial charge in [0.15, 0.2) is 6.61 Å². The maximum absolute atomic E-state index is 11.7. The first kappa shape index (κ1) is 14.3. The predicted molar refractivity (Wildman–Crippen MR) is 75.5 cm³/mol. The van der Waals surface area contributed by atoms with Crippen LogP contribution in [0.1, 0.15) is 29.3 Å². The number of nitrogens with one attached hydrogen (secondary N) is 1. The summed E-state index contributed by atoms with van der Waals surface area (Å²) in [6, 6.07) is 2.14. The highest BCUT2D eigenvalue weighted by atomic mass is 32.1. The van der Waals surface area contributed by atoms with Gasteiger partial charge in [-0.15, -0.1) is 11.3 Å². The summed E-state index contributed by atoms with van der Waals surface area (Å²) in [5.74, 6) is -0.990. The lowest BCUT2D eigenvalue weighted by Crippen LogP contribution is -2.20. The van der Waals surface area contributed by atoms with Gasteiger partial charge in [-0.2, -0.15) is 5.26 Å². The van der Waals surface area contributed by atoms with Crippen LogP contribution in [0.25, 0.3) is 0 Å². The lowest BCUT2D eigenvalue weighted by molar-refractivity contribution is -0.142. The molecule has 104 valence electrons. The summed E-state index contributed by atoms with van der Waals surface area (Å²) in [6.45, 7) is 1.34. The van der Waals surface area contributed by atoms with Crippen LogP contribution in [0, 0.1) is 11.3 Å². The molecule has 6 heteroatoms. The first-order chi connectivity index (χ1) is 9.65. The number of anilines is 1. The van der Waals surface area contributed by atoms with Crippen molar-refractivity contribution in [2.45, 2.75) is 26.2 Å². The zero-order valence-electron chi connectivity index (χ0n) is 11.1. The largest absolute Gasteiger partial charge is 0.452 e. The molecule has 5 nitrogen and oxygen atoms in total. The highest BCUT2D eigenvalue weighted by Crippen LogP contribution is 2.38. The fourth-order valence-corrected chi connectivity index (χ4v) is 3.35. The van der Waals surface area contributed by atoms with Crippen LogP contribution >= 0.6 is 11.3 Å². The third kappa shape index (κ3) is 3.06. The Labute approximate surface area is 120 Å². The van der Waals surface area contributed by atoms with E-state index in [1.54, 1.807) is 6.92 Å². The molecule has 20 heavy (non-hydrogen) atoms. The average molecular weight is 290 g/mol. The maximum atomic E-state index is 11.7. The second kappa shape index (κ2) is 6.35. The summed E-state index contributed by atoms with van der Waals surface area (Å²) in [7, 11) is 0. The van der Waals surface area contributed by atoms with Gasteiger partial charge >= 0.3 is 5.97 Å². The van der Waals surface area contributed by atoms with E-state index < -0.39 is 11.9 Å². The number of ether oxygens (including phenoxy) is 1. The van der Waals surface area contributed by atoms with E-state index in [0.29, 0.717) is 10.6 Å². The molecule has 0 bridgehead atoms. The Bertz CT molecular complexity index is 611. The number of rotatable bonds is 4. The smallest absolute Gasteiger partial charge is 0.330 e. The Balaban J connectivity index is 1.99. The number of hydrogen-bond donors (Lipinski definition) is 1. The lowest BCUT2D eigenvalue weighted by atomic mass is 10.1.